The fourth-order valence-electron chi connectivity index (χ4n) is 4.30. The summed E-state index contributed by atoms with van der Waals surface area (Å²) in [6, 6.07) is 7.38. The highest BCUT2D eigenvalue weighted by atomic mass is 16.4. The van der Waals surface area contributed by atoms with E-state index in [0.29, 0.717) is 17.4 Å². The molecule has 0 aromatic heterocycles. The highest BCUT2D eigenvalue weighted by molar-refractivity contribution is 5.75. The van der Waals surface area contributed by atoms with Gasteiger partial charge in [-0.05, 0) is 49.3 Å². The van der Waals surface area contributed by atoms with Gasteiger partial charge in [-0.25, -0.2) is 0 Å². The topological polar surface area (TPSA) is 57.6 Å². The zero-order valence-corrected chi connectivity index (χ0v) is 13.5. The van der Waals surface area contributed by atoms with Crippen LogP contribution in [0.5, 0.6) is 0 Å². The van der Waals surface area contributed by atoms with Crippen LogP contribution in [0.1, 0.15) is 60.4 Å². The average molecular weight is 315 g/mol. The minimum atomic E-state index is -0.667. The fraction of sp³-hybridized carbons (Fsp3) is 0.579. The molecule has 1 aliphatic heterocycles. The lowest BCUT2D eigenvalue weighted by Crippen LogP contribution is -2.45. The first-order valence-corrected chi connectivity index (χ1v) is 8.71. The molecule has 2 atom stereocenters. The highest BCUT2D eigenvalue weighted by Crippen LogP contribution is 2.34. The van der Waals surface area contributed by atoms with E-state index in [-0.39, 0.29) is 6.04 Å². The fourth-order valence-corrected chi connectivity index (χ4v) is 4.30. The number of carboxylic acids is 1. The van der Waals surface area contributed by atoms with E-state index in [4.69, 9.17) is 0 Å². The summed E-state index contributed by atoms with van der Waals surface area (Å²) in [7, 11) is 0. The van der Waals surface area contributed by atoms with Gasteiger partial charge in [-0.15, -0.1) is 0 Å². The third kappa shape index (κ3) is 3.63. The van der Waals surface area contributed by atoms with Crippen LogP contribution in [0, 0.1) is 5.92 Å². The Morgan fingerprint density at radius 2 is 2.00 bits per heavy atom. The number of hydrogen-bond donors (Lipinski definition) is 1. The van der Waals surface area contributed by atoms with Gasteiger partial charge in [0.25, 0.3) is 0 Å². The number of nitrogens with zero attached hydrogens (tertiary/aromatic N) is 1. The number of benzene rings is 1. The second kappa shape index (κ2) is 7.26. The summed E-state index contributed by atoms with van der Waals surface area (Å²) in [6.07, 6.45) is 7.48. The summed E-state index contributed by atoms with van der Waals surface area (Å²) in [5.41, 5.74) is 1.85. The summed E-state index contributed by atoms with van der Waals surface area (Å²) in [6.45, 7) is 1.62. The smallest absolute Gasteiger partial charge is 0.321 e. The average Bonchev–Trinajstić information content (AvgIpc) is 3.05. The first kappa shape index (κ1) is 16.2. The van der Waals surface area contributed by atoms with Crippen molar-refractivity contribution in [3.8, 4) is 0 Å². The minimum absolute atomic E-state index is 0.293. The molecule has 23 heavy (non-hydrogen) atoms. The van der Waals surface area contributed by atoms with Crippen molar-refractivity contribution >= 4 is 12.3 Å². The van der Waals surface area contributed by atoms with Gasteiger partial charge >= 0.3 is 5.97 Å². The molecule has 1 N–H and O–H groups in total. The molecule has 2 aliphatic rings. The number of carbonyl (C=O) groups is 2. The number of carbonyl (C=O) groups excluding carboxylic acids is 1. The van der Waals surface area contributed by atoms with E-state index in [1.807, 2.05) is 18.2 Å². The predicted octanol–water partition coefficient (Wildman–Crippen LogP) is 3.32. The van der Waals surface area contributed by atoms with Crippen molar-refractivity contribution in [3.63, 3.8) is 0 Å². The van der Waals surface area contributed by atoms with Crippen molar-refractivity contribution in [2.75, 3.05) is 13.1 Å². The molecule has 0 unspecified atom stereocenters. The molecule has 0 bridgehead atoms. The molecule has 1 aliphatic carbocycles. The minimum Gasteiger partial charge on any atom is -0.480 e. The lowest BCUT2D eigenvalue weighted by atomic mass is 9.83. The maximum Gasteiger partial charge on any atom is 0.321 e. The first-order chi connectivity index (χ1) is 11.2. The number of hydrogen-bond acceptors (Lipinski definition) is 3. The van der Waals surface area contributed by atoms with Gasteiger partial charge in [0.15, 0.2) is 0 Å². The molecule has 0 spiro atoms. The summed E-state index contributed by atoms with van der Waals surface area (Å²) in [5.74, 6) is -0.0409. The van der Waals surface area contributed by atoms with E-state index in [1.54, 1.807) is 0 Å². The zero-order valence-electron chi connectivity index (χ0n) is 13.5. The molecular weight excluding hydrogens is 290 g/mol. The number of rotatable bonds is 5. The van der Waals surface area contributed by atoms with Crippen LogP contribution in [-0.2, 0) is 4.79 Å². The molecule has 4 nitrogen and oxygen atoms in total. The van der Waals surface area contributed by atoms with Crippen LogP contribution in [-0.4, -0.2) is 41.4 Å². The zero-order chi connectivity index (χ0) is 16.2. The Kier molecular flexibility index (Phi) is 5.11. The molecule has 124 valence electrons. The summed E-state index contributed by atoms with van der Waals surface area (Å²) in [5, 5.41) is 9.74. The van der Waals surface area contributed by atoms with Crippen LogP contribution in [0.4, 0.5) is 0 Å². The molecule has 0 radical (unpaired) electrons. The Balaban J connectivity index is 1.71. The van der Waals surface area contributed by atoms with Gasteiger partial charge in [0.05, 0.1) is 0 Å². The normalized spacial score (nSPS) is 24.4. The Hall–Kier alpha value is -1.68. The Morgan fingerprint density at radius 3 is 2.70 bits per heavy atom. The molecule has 0 amide bonds. The maximum absolute atomic E-state index is 11.8. The SMILES string of the molecule is O=Cc1cccc([C@H]2CCN([C@@H](C(=O)O)C3CCCCC3)C2)c1. The van der Waals surface area contributed by atoms with Gasteiger partial charge < -0.3 is 5.11 Å². The van der Waals surface area contributed by atoms with Crippen LogP contribution in [0.3, 0.4) is 0 Å². The van der Waals surface area contributed by atoms with Crippen LogP contribution in [0.25, 0.3) is 0 Å². The maximum atomic E-state index is 11.8. The van der Waals surface area contributed by atoms with Crippen LogP contribution >= 0.6 is 0 Å². The van der Waals surface area contributed by atoms with Gasteiger partial charge in [-0.2, -0.15) is 0 Å². The standard InChI is InChI=1S/C19H25NO3/c21-13-14-5-4-8-16(11-14)17-9-10-20(12-17)18(19(22)23)15-6-2-1-3-7-15/h4-5,8,11,13,15,17-18H,1-3,6-7,9-10,12H2,(H,22,23)/t17-,18+/m0/s1. The Bertz CT molecular complexity index is 565. The van der Waals surface area contributed by atoms with Crippen molar-refractivity contribution in [2.24, 2.45) is 5.92 Å². The van der Waals surface area contributed by atoms with Gasteiger partial charge in [0, 0.05) is 12.1 Å². The molecule has 3 rings (SSSR count). The molecular formula is C19H25NO3. The summed E-state index contributed by atoms with van der Waals surface area (Å²) >= 11 is 0. The van der Waals surface area contributed by atoms with E-state index < -0.39 is 5.97 Å². The first-order valence-electron chi connectivity index (χ1n) is 8.71. The number of aliphatic carboxylic acids is 1. The number of aldehydes is 1. The predicted molar refractivity (Wildman–Crippen MR) is 88.8 cm³/mol. The van der Waals surface area contributed by atoms with E-state index in [2.05, 4.69) is 11.0 Å². The second-order valence-corrected chi connectivity index (χ2v) is 6.95. The highest BCUT2D eigenvalue weighted by Gasteiger charge is 2.38. The van der Waals surface area contributed by atoms with Gasteiger partial charge in [-0.1, -0.05) is 37.5 Å². The molecule has 1 aromatic carbocycles. The van der Waals surface area contributed by atoms with Crippen LogP contribution < -0.4 is 0 Å². The largest absolute Gasteiger partial charge is 0.480 e. The number of carboxylic acid groups (broad SMARTS) is 1. The van der Waals surface area contributed by atoms with E-state index in [9.17, 15) is 14.7 Å². The molecule has 4 heteroatoms. The lowest BCUT2D eigenvalue weighted by molar-refractivity contribution is -0.145. The third-order valence-corrected chi connectivity index (χ3v) is 5.48. The molecule has 1 heterocycles. The lowest BCUT2D eigenvalue weighted by Gasteiger charge is -2.33. The van der Waals surface area contributed by atoms with Crippen molar-refractivity contribution < 1.29 is 14.7 Å². The van der Waals surface area contributed by atoms with Gasteiger partial charge in [0.1, 0.15) is 12.3 Å². The quantitative estimate of drug-likeness (QED) is 0.847. The van der Waals surface area contributed by atoms with Crippen molar-refractivity contribution in [1.29, 1.82) is 0 Å². The van der Waals surface area contributed by atoms with Crippen molar-refractivity contribution in [3.05, 3.63) is 35.4 Å². The monoisotopic (exact) mass is 315 g/mol. The summed E-state index contributed by atoms with van der Waals surface area (Å²) < 4.78 is 0. The number of likely N-dealkylation sites (tertiary alicyclic amines) is 1. The summed E-state index contributed by atoms with van der Waals surface area (Å²) in [4.78, 5) is 25.0. The Morgan fingerprint density at radius 1 is 1.22 bits per heavy atom. The van der Waals surface area contributed by atoms with E-state index >= 15 is 0 Å². The molecule has 2 fully saturated rings. The van der Waals surface area contributed by atoms with E-state index in [0.717, 1.165) is 57.0 Å². The Labute approximate surface area is 137 Å². The van der Waals surface area contributed by atoms with Gasteiger partial charge in [0.2, 0.25) is 0 Å². The van der Waals surface area contributed by atoms with E-state index in [1.165, 1.54) is 6.42 Å². The van der Waals surface area contributed by atoms with Crippen LogP contribution in [0.2, 0.25) is 0 Å². The molecule has 1 saturated carbocycles. The second-order valence-electron chi connectivity index (χ2n) is 6.95. The molecule has 1 aromatic rings. The third-order valence-electron chi connectivity index (χ3n) is 5.48. The van der Waals surface area contributed by atoms with Crippen molar-refractivity contribution in [2.45, 2.75) is 50.5 Å². The molecule has 1 saturated heterocycles. The van der Waals surface area contributed by atoms with Crippen LogP contribution in [0.15, 0.2) is 24.3 Å². The van der Waals surface area contributed by atoms with Crippen molar-refractivity contribution in [1.82, 2.24) is 4.90 Å². The van der Waals surface area contributed by atoms with Gasteiger partial charge in [-0.3, -0.25) is 14.5 Å².